The van der Waals surface area contributed by atoms with E-state index in [2.05, 4.69) is 16.0 Å². The molecular formula is C19H25N5O3. The van der Waals surface area contributed by atoms with Crippen LogP contribution in [0.2, 0.25) is 0 Å². The van der Waals surface area contributed by atoms with Crippen LogP contribution in [0.3, 0.4) is 0 Å². The van der Waals surface area contributed by atoms with E-state index in [1.54, 1.807) is 12.1 Å². The predicted octanol–water partition coefficient (Wildman–Crippen LogP) is 0.257. The van der Waals surface area contributed by atoms with E-state index in [1.165, 1.54) is 0 Å². The topological polar surface area (TPSA) is 117 Å². The molecule has 1 aromatic carbocycles. The molecule has 27 heavy (non-hydrogen) atoms. The molecule has 144 valence electrons. The van der Waals surface area contributed by atoms with Crippen molar-refractivity contribution in [2.75, 3.05) is 25.0 Å². The normalized spacial score (nSPS) is 26.1. The summed E-state index contributed by atoms with van der Waals surface area (Å²) in [5, 5.41) is 9.34. The lowest BCUT2D eigenvalue weighted by atomic mass is 9.98. The van der Waals surface area contributed by atoms with Crippen molar-refractivity contribution in [2.45, 2.75) is 37.9 Å². The average Bonchev–Trinajstić information content (AvgIpc) is 2.92. The first-order valence-electron chi connectivity index (χ1n) is 9.57. The van der Waals surface area contributed by atoms with Gasteiger partial charge in [-0.2, -0.15) is 0 Å². The number of carbonyl (C=O) groups is 3. The molecule has 2 atom stereocenters. The standard InChI is InChI=1S/C19H25N5O3/c20-16-4-3-15(17(25)23-16)24-18(26)13-2-1-12(9-14(13)19(24)27)22-10-11-5-7-21-8-6-11/h1-2,9,11,15-16,21-22H,3-8,10,20H2,(H,23,25). The van der Waals surface area contributed by atoms with Crippen LogP contribution in [-0.4, -0.2) is 54.5 Å². The van der Waals surface area contributed by atoms with Gasteiger partial charge in [0.25, 0.3) is 11.8 Å². The highest BCUT2D eigenvalue weighted by molar-refractivity contribution is 6.23. The van der Waals surface area contributed by atoms with Crippen LogP contribution in [-0.2, 0) is 4.79 Å². The lowest BCUT2D eigenvalue weighted by molar-refractivity contribution is -0.127. The van der Waals surface area contributed by atoms with Crippen LogP contribution in [0.4, 0.5) is 5.69 Å². The maximum Gasteiger partial charge on any atom is 0.262 e. The number of hydrogen-bond acceptors (Lipinski definition) is 6. The average molecular weight is 371 g/mol. The molecule has 0 spiro atoms. The van der Waals surface area contributed by atoms with E-state index in [9.17, 15) is 14.4 Å². The lowest BCUT2D eigenvalue weighted by Gasteiger charge is -2.31. The number of hydrogen-bond donors (Lipinski definition) is 4. The van der Waals surface area contributed by atoms with E-state index < -0.39 is 24.0 Å². The van der Waals surface area contributed by atoms with Crippen LogP contribution in [0.25, 0.3) is 0 Å². The number of nitrogens with zero attached hydrogens (tertiary/aromatic N) is 1. The van der Waals surface area contributed by atoms with Crippen molar-refractivity contribution in [3.05, 3.63) is 29.3 Å². The minimum atomic E-state index is -0.789. The Balaban J connectivity index is 1.48. The summed E-state index contributed by atoms with van der Waals surface area (Å²) in [6.07, 6.45) is 2.76. The third-order valence-corrected chi connectivity index (χ3v) is 5.66. The van der Waals surface area contributed by atoms with Gasteiger partial charge in [-0.15, -0.1) is 0 Å². The zero-order valence-electron chi connectivity index (χ0n) is 15.2. The number of fused-ring (bicyclic) bond motifs is 1. The third kappa shape index (κ3) is 3.42. The minimum Gasteiger partial charge on any atom is -0.385 e. The van der Waals surface area contributed by atoms with Crippen molar-refractivity contribution in [1.29, 1.82) is 0 Å². The molecule has 3 aliphatic rings. The predicted molar refractivity (Wildman–Crippen MR) is 100 cm³/mol. The summed E-state index contributed by atoms with van der Waals surface area (Å²) in [5.41, 5.74) is 7.26. The first kappa shape index (κ1) is 17.9. The molecule has 4 rings (SSSR count). The highest BCUT2D eigenvalue weighted by atomic mass is 16.2. The number of piperidine rings is 2. The number of nitrogens with two attached hydrogens (primary N) is 1. The Morgan fingerprint density at radius 2 is 1.78 bits per heavy atom. The van der Waals surface area contributed by atoms with Gasteiger partial charge in [-0.25, -0.2) is 0 Å². The van der Waals surface area contributed by atoms with Gasteiger partial charge in [0.15, 0.2) is 0 Å². The van der Waals surface area contributed by atoms with Gasteiger partial charge in [0.05, 0.1) is 17.3 Å². The lowest BCUT2D eigenvalue weighted by Crippen LogP contribution is -2.57. The molecule has 0 saturated carbocycles. The number of carbonyl (C=O) groups excluding carboxylic acids is 3. The van der Waals surface area contributed by atoms with Crippen molar-refractivity contribution < 1.29 is 14.4 Å². The fraction of sp³-hybridized carbons (Fsp3) is 0.526. The second-order valence-corrected chi connectivity index (χ2v) is 7.52. The van der Waals surface area contributed by atoms with E-state index in [1.807, 2.05) is 6.07 Å². The molecule has 0 radical (unpaired) electrons. The minimum absolute atomic E-state index is 0.357. The van der Waals surface area contributed by atoms with E-state index >= 15 is 0 Å². The van der Waals surface area contributed by atoms with E-state index in [-0.39, 0.29) is 5.91 Å². The Kier molecular flexibility index (Phi) is 4.84. The maximum atomic E-state index is 12.8. The molecule has 2 fully saturated rings. The number of benzene rings is 1. The summed E-state index contributed by atoms with van der Waals surface area (Å²) in [6, 6.07) is 4.43. The number of amides is 3. The zero-order valence-corrected chi connectivity index (χ0v) is 15.2. The largest absolute Gasteiger partial charge is 0.385 e. The zero-order chi connectivity index (χ0) is 19.0. The fourth-order valence-electron chi connectivity index (χ4n) is 4.07. The van der Waals surface area contributed by atoms with Crippen LogP contribution in [0.15, 0.2) is 18.2 Å². The molecule has 0 bridgehead atoms. The second kappa shape index (κ2) is 7.28. The van der Waals surface area contributed by atoms with Gasteiger partial charge in [-0.3, -0.25) is 19.3 Å². The van der Waals surface area contributed by atoms with E-state index in [0.29, 0.717) is 29.9 Å². The summed E-state index contributed by atoms with van der Waals surface area (Å²) in [4.78, 5) is 38.9. The van der Waals surface area contributed by atoms with Crippen molar-refractivity contribution in [2.24, 2.45) is 11.7 Å². The van der Waals surface area contributed by atoms with Crippen LogP contribution < -0.4 is 21.7 Å². The van der Waals surface area contributed by atoms with E-state index in [4.69, 9.17) is 5.73 Å². The van der Waals surface area contributed by atoms with Crippen LogP contribution in [0, 0.1) is 5.92 Å². The molecule has 1 aromatic rings. The molecule has 2 saturated heterocycles. The Morgan fingerprint density at radius 1 is 1.04 bits per heavy atom. The first-order valence-corrected chi connectivity index (χ1v) is 9.57. The molecule has 0 aliphatic carbocycles. The van der Waals surface area contributed by atoms with Gasteiger partial charge in [0.2, 0.25) is 5.91 Å². The first-order chi connectivity index (χ1) is 13.0. The summed E-state index contributed by atoms with van der Waals surface area (Å²) < 4.78 is 0. The van der Waals surface area contributed by atoms with Crippen molar-refractivity contribution >= 4 is 23.4 Å². The van der Waals surface area contributed by atoms with Gasteiger partial charge >= 0.3 is 0 Å². The van der Waals surface area contributed by atoms with Gasteiger partial charge in [0, 0.05) is 12.2 Å². The monoisotopic (exact) mass is 371 g/mol. The quantitative estimate of drug-likeness (QED) is 0.564. The van der Waals surface area contributed by atoms with Crippen molar-refractivity contribution in [3.63, 3.8) is 0 Å². The highest BCUT2D eigenvalue weighted by Crippen LogP contribution is 2.30. The summed E-state index contributed by atoms with van der Waals surface area (Å²) in [7, 11) is 0. The Morgan fingerprint density at radius 3 is 2.52 bits per heavy atom. The molecule has 3 amide bonds. The molecule has 5 N–H and O–H groups in total. The molecular weight excluding hydrogens is 346 g/mol. The molecule has 8 nitrogen and oxygen atoms in total. The van der Waals surface area contributed by atoms with Gasteiger partial charge in [-0.1, -0.05) is 0 Å². The highest BCUT2D eigenvalue weighted by Gasteiger charge is 2.44. The summed E-state index contributed by atoms with van der Waals surface area (Å²) >= 11 is 0. The van der Waals surface area contributed by atoms with Crippen LogP contribution in [0.1, 0.15) is 46.4 Å². The van der Waals surface area contributed by atoms with Crippen molar-refractivity contribution in [3.8, 4) is 0 Å². The fourth-order valence-corrected chi connectivity index (χ4v) is 4.07. The van der Waals surface area contributed by atoms with Crippen LogP contribution >= 0.6 is 0 Å². The molecule has 3 heterocycles. The Hall–Kier alpha value is -2.45. The number of imide groups is 1. The second-order valence-electron chi connectivity index (χ2n) is 7.52. The molecule has 3 aliphatic heterocycles. The van der Waals surface area contributed by atoms with Gasteiger partial charge in [-0.05, 0) is 62.9 Å². The van der Waals surface area contributed by atoms with Gasteiger partial charge < -0.3 is 21.7 Å². The molecule has 2 unspecified atom stereocenters. The molecule has 8 heteroatoms. The summed E-state index contributed by atoms with van der Waals surface area (Å²) in [6.45, 7) is 2.91. The maximum absolute atomic E-state index is 12.8. The number of anilines is 1. The third-order valence-electron chi connectivity index (χ3n) is 5.66. The number of rotatable bonds is 4. The van der Waals surface area contributed by atoms with Gasteiger partial charge in [0.1, 0.15) is 6.04 Å². The SMILES string of the molecule is NC1CCC(N2C(=O)c3ccc(NCC4CCNCC4)cc3C2=O)C(=O)N1. The van der Waals surface area contributed by atoms with E-state index in [0.717, 1.165) is 43.1 Å². The smallest absolute Gasteiger partial charge is 0.262 e. The van der Waals surface area contributed by atoms with Crippen LogP contribution in [0.5, 0.6) is 0 Å². The summed E-state index contributed by atoms with van der Waals surface area (Å²) in [5.74, 6) is -0.581. The Bertz CT molecular complexity index is 775. The van der Waals surface area contributed by atoms with Crippen molar-refractivity contribution in [1.82, 2.24) is 15.5 Å². The number of nitrogens with one attached hydrogen (secondary N) is 3. The molecule has 0 aromatic heterocycles. The Labute approximate surface area is 157 Å².